The molecule has 178 valence electrons. The summed E-state index contributed by atoms with van der Waals surface area (Å²) in [6, 6.07) is 2.09. The molecule has 33 heavy (non-hydrogen) atoms. The second kappa shape index (κ2) is 11.8. The Morgan fingerprint density at radius 3 is 2.48 bits per heavy atom. The monoisotopic (exact) mass is 488 g/mol. The molecule has 0 bridgehead atoms. The van der Waals surface area contributed by atoms with Gasteiger partial charge in [-0.05, 0) is 31.4 Å². The predicted molar refractivity (Wildman–Crippen MR) is 137 cm³/mol. The van der Waals surface area contributed by atoms with Crippen LogP contribution >= 0.6 is 24.0 Å². The lowest BCUT2D eigenvalue weighted by Gasteiger charge is -2.33. The molecular formula is C24H32N4O3S2. The third-order valence-electron chi connectivity index (χ3n) is 5.99. The molecule has 1 aromatic rings. The van der Waals surface area contributed by atoms with Crippen LogP contribution in [0.3, 0.4) is 0 Å². The van der Waals surface area contributed by atoms with Crippen LogP contribution in [0.2, 0.25) is 0 Å². The van der Waals surface area contributed by atoms with Gasteiger partial charge >= 0.3 is 0 Å². The van der Waals surface area contributed by atoms with E-state index in [1.165, 1.54) is 11.8 Å². The van der Waals surface area contributed by atoms with Crippen LogP contribution in [0.25, 0.3) is 6.08 Å². The first-order chi connectivity index (χ1) is 15.9. The molecule has 3 rings (SSSR count). The highest BCUT2D eigenvalue weighted by Gasteiger charge is 2.33. The highest BCUT2D eigenvalue weighted by molar-refractivity contribution is 8.26. The van der Waals surface area contributed by atoms with Gasteiger partial charge in [-0.3, -0.25) is 19.1 Å². The minimum absolute atomic E-state index is 0.0967. The fraction of sp³-hybridized carbons (Fsp3) is 0.583. The maximum atomic E-state index is 13.2. The van der Waals surface area contributed by atoms with Gasteiger partial charge in [-0.2, -0.15) is 5.26 Å². The Labute approximate surface area is 205 Å². The number of thioether (sulfide) groups is 1. The first kappa shape index (κ1) is 25.5. The lowest BCUT2D eigenvalue weighted by Crippen LogP contribution is -2.41. The van der Waals surface area contributed by atoms with Crippen molar-refractivity contribution in [2.24, 2.45) is 0 Å². The minimum atomic E-state index is -0.279. The van der Waals surface area contributed by atoms with E-state index in [1.807, 2.05) is 13.0 Å². The Morgan fingerprint density at radius 1 is 1.12 bits per heavy atom. The standard InChI is InChI=1S/C24H32N4O3S2/c1-4-6-7-8-10-28-23(30)20(33-24(28)32)15-18-17(3)19(16-25)22(29)27(9-5-2)21(18)26-11-13-31-14-12-26/h15H,4-14H2,1-3H3/b20-15-. The molecule has 3 heterocycles. The van der Waals surface area contributed by atoms with Gasteiger partial charge in [0, 0.05) is 31.7 Å². The van der Waals surface area contributed by atoms with Crippen molar-refractivity contribution in [2.75, 3.05) is 37.7 Å². The molecule has 0 spiro atoms. The Hall–Kier alpha value is -2.15. The molecular weight excluding hydrogens is 456 g/mol. The number of rotatable bonds is 9. The van der Waals surface area contributed by atoms with Crippen molar-refractivity contribution in [1.29, 1.82) is 5.26 Å². The average molecular weight is 489 g/mol. The molecule has 7 nitrogen and oxygen atoms in total. The summed E-state index contributed by atoms with van der Waals surface area (Å²) in [6.45, 7) is 9.50. The summed E-state index contributed by atoms with van der Waals surface area (Å²) in [7, 11) is 0. The highest BCUT2D eigenvalue weighted by atomic mass is 32.2. The number of hydrogen-bond donors (Lipinski definition) is 0. The summed E-state index contributed by atoms with van der Waals surface area (Å²) in [5.74, 6) is 0.662. The topological polar surface area (TPSA) is 78.6 Å². The SMILES string of the molecule is CCCCCCN1C(=O)/C(=C/c2c(C)c(C#N)c(=O)n(CCC)c2N2CCOCC2)SC1=S. The van der Waals surface area contributed by atoms with Crippen LogP contribution in [0.4, 0.5) is 5.82 Å². The Morgan fingerprint density at radius 2 is 1.85 bits per heavy atom. The molecule has 9 heteroatoms. The Balaban J connectivity index is 2.08. The van der Waals surface area contributed by atoms with Crippen molar-refractivity contribution in [2.45, 2.75) is 59.4 Å². The molecule has 0 unspecified atom stereocenters. The van der Waals surface area contributed by atoms with Crippen LogP contribution in [-0.4, -0.2) is 52.5 Å². The van der Waals surface area contributed by atoms with Gasteiger partial charge < -0.3 is 9.64 Å². The summed E-state index contributed by atoms with van der Waals surface area (Å²) in [5.41, 5.74) is 1.19. The summed E-state index contributed by atoms with van der Waals surface area (Å²) < 4.78 is 7.78. The second-order valence-corrected chi connectivity index (χ2v) is 9.98. The maximum Gasteiger partial charge on any atom is 0.270 e. The van der Waals surface area contributed by atoms with Gasteiger partial charge in [0.15, 0.2) is 0 Å². The first-order valence-corrected chi connectivity index (χ1v) is 12.9. The van der Waals surface area contributed by atoms with E-state index >= 15 is 0 Å². The average Bonchev–Trinajstić information content (AvgIpc) is 3.08. The van der Waals surface area contributed by atoms with Gasteiger partial charge in [-0.1, -0.05) is 57.1 Å². The van der Waals surface area contributed by atoms with Crippen molar-refractivity contribution in [3.8, 4) is 6.07 Å². The quantitative estimate of drug-likeness (QED) is 0.295. The van der Waals surface area contributed by atoms with Crippen molar-refractivity contribution < 1.29 is 9.53 Å². The van der Waals surface area contributed by atoms with E-state index < -0.39 is 0 Å². The molecule has 2 fully saturated rings. The molecule has 0 N–H and O–H groups in total. The minimum Gasteiger partial charge on any atom is -0.378 e. The predicted octanol–water partition coefficient (Wildman–Crippen LogP) is 4.06. The molecule has 1 aromatic heterocycles. The van der Waals surface area contributed by atoms with E-state index in [9.17, 15) is 14.9 Å². The number of carbonyl (C=O) groups is 1. The van der Waals surface area contributed by atoms with E-state index in [4.69, 9.17) is 17.0 Å². The number of ether oxygens (including phenoxy) is 1. The zero-order chi connectivity index (χ0) is 24.0. The van der Waals surface area contributed by atoms with Gasteiger partial charge in [-0.25, -0.2) is 0 Å². The summed E-state index contributed by atoms with van der Waals surface area (Å²) in [6.07, 6.45) is 6.85. The van der Waals surface area contributed by atoms with E-state index in [1.54, 1.807) is 16.4 Å². The van der Waals surface area contributed by atoms with Crippen LogP contribution < -0.4 is 10.5 Å². The number of unbranched alkanes of at least 4 members (excludes halogenated alkanes) is 3. The third kappa shape index (κ3) is 5.51. The summed E-state index contributed by atoms with van der Waals surface area (Å²) in [4.78, 5) is 30.7. The number of nitriles is 1. The fourth-order valence-corrected chi connectivity index (χ4v) is 5.50. The van der Waals surface area contributed by atoms with Crippen LogP contribution in [-0.2, 0) is 16.1 Å². The number of nitrogens with zero attached hydrogens (tertiary/aromatic N) is 4. The van der Waals surface area contributed by atoms with E-state index in [0.29, 0.717) is 54.2 Å². The van der Waals surface area contributed by atoms with Gasteiger partial charge in [0.05, 0.1) is 18.1 Å². The molecule has 2 aliphatic rings. The van der Waals surface area contributed by atoms with Crippen LogP contribution in [0.5, 0.6) is 0 Å². The molecule has 1 amide bonds. The Kier molecular flexibility index (Phi) is 9.12. The van der Waals surface area contributed by atoms with Gasteiger partial charge in [0.25, 0.3) is 11.5 Å². The zero-order valence-corrected chi connectivity index (χ0v) is 21.3. The zero-order valence-electron chi connectivity index (χ0n) is 19.7. The summed E-state index contributed by atoms with van der Waals surface area (Å²) in [5, 5.41) is 9.74. The number of carbonyl (C=O) groups excluding carboxylic acids is 1. The molecule has 2 saturated heterocycles. The number of amides is 1. The van der Waals surface area contributed by atoms with Crippen LogP contribution in [0.1, 0.15) is 62.6 Å². The fourth-order valence-electron chi connectivity index (χ4n) is 4.21. The molecule has 0 aliphatic carbocycles. The van der Waals surface area contributed by atoms with Gasteiger partial charge in [0.2, 0.25) is 0 Å². The van der Waals surface area contributed by atoms with Crippen LogP contribution in [0, 0.1) is 18.3 Å². The normalized spacial score (nSPS) is 17.8. The first-order valence-electron chi connectivity index (χ1n) is 11.7. The number of morpholine rings is 1. The lowest BCUT2D eigenvalue weighted by molar-refractivity contribution is -0.122. The number of anilines is 1. The maximum absolute atomic E-state index is 13.2. The van der Waals surface area contributed by atoms with E-state index in [2.05, 4.69) is 17.9 Å². The third-order valence-corrected chi connectivity index (χ3v) is 7.37. The largest absolute Gasteiger partial charge is 0.378 e. The van der Waals surface area contributed by atoms with Gasteiger partial charge in [-0.15, -0.1) is 0 Å². The van der Waals surface area contributed by atoms with Crippen molar-refractivity contribution in [3.05, 3.63) is 31.9 Å². The number of thiocarbonyl (C=S) groups is 1. The van der Waals surface area contributed by atoms with E-state index in [0.717, 1.165) is 43.5 Å². The van der Waals surface area contributed by atoms with Gasteiger partial charge in [0.1, 0.15) is 21.8 Å². The van der Waals surface area contributed by atoms with Crippen molar-refractivity contribution in [1.82, 2.24) is 9.47 Å². The molecule has 0 aromatic carbocycles. The molecule has 0 saturated carbocycles. The summed E-state index contributed by atoms with van der Waals surface area (Å²) >= 11 is 6.81. The molecule has 0 radical (unpaired) electrons. The number of aromatic nitrogens is 1. The Bertz CT molecular complexity index is 1040. The van der Waals surface area contributed by atoms with Crippen LogP contribution in [0.15, 0.2) is 9.70 Å². The second-order valence-electron chi connectivity index (χ2n) is 8.30. The van der Waals surface area contributed by atoms with Crippen molar-refractivity contribution in [3.63, 3.8) is 0 Å². The van der Waals surface area contributed by atoms with E-state index in [-0.39, 0.29) is 17.0 Å². The van der Waals surface area contributed by atoms with Crippen molar-refractivity contribution >= 4 is 46.1 Å². The highest BCUT2D eigenvalue weighted by Crippen LogP contribution is 2.36. The number of pyridine rings is 1. The smallest absolute Gasteiger partial charge is 0.270 e. The lowest BCUT2D eigenvalue weighted by atomic mass is 10.0. The molecule has 0 atom stereocenters. The molecule has 2 aliphatic heterocycles. The number of hydrogen-bond acceptors (Lipinski definition) is 7.